The van der Waals surface area contributed by atoms with Gasteiger partial charge in [0.1, 0.15) is 6.04 Å². The molecule has 0 aliphatic rings. The standard InChI is InChI=1S/C20H25N3O2/c1-14(2)18(23-20(25)22-17-11-5-4-6-12-17)19(24)21-13-16-10-8-7-9-15(16)3/h4-12,14,18H,13H2,1-3H3,(H,21,24)(H2,22,23,25). The molecule has 2 aromatic rings. The fourth-order valence-electron chi connectivity index (χ4n) is 2.47. The van der Waals surface area contributed by atoms with Gasteiger partial charge in [-0.15, -0.1) is 0 Å². The average molecular weight is 339 g/mol. The SMILES string of the molecule is Cc1ccccc1CNC(=O)C(NC(=O)Nc1ccccc1)C(C)C. The van der Waals surface area contributed by atoms with Crippen molar-refractivity contribution in [1.82, 2.24) is 10.6 Å². The molecule has 25 heavy (non-hydrogen) atoms. The van der Waals surface area contributed by atoms with Crippen LogP contribution in [0.15, 0.2) is 54.6 Å². The number of amides is 3. The molecule has 3 N–H and O–H groups in total. The summed E-state index contributed by atoms with van der Waals surface area (Å²) < 4.78 is 0. The topological polar surface area (TPSA) is 70.2 Å². The van der Waals surface area contributed by atoms with Gasteiger partial charge in [-0.3, -0.25) is 4.79 Å². The van der Waals surface area contributed by atoms with Crippen molar-refractivity contribution >= 4 is 17.6 Å². The van der Waals surface area contributed by atoms with Crippen LogP contribution < -0.4 is 16.0 Å². The predicted octanol–water partition coefficient (Wildman–Crippen LogP) is 3.46. The fourth-order valence-corrected chi connectivity index (χ4v) is 2.47. The minimum atomic E-state index is -0.604. The molecular formula is C20H25N3O2. The van der Waals surface area contributed by atoms with E-state index in [4.69, 9.17) is 0 Å². The fraction of sp³-hybridized carbons (Fsp3) is 0.300. The molecule has 0 aliphatic carbocycles. The van der Waals surface area contributed by atoms with Gasteiger partial charge in [0.25, 0.3) is 0 Å². The van der Waals surface area contributed by atoms with Crippen molar-refractivity contribution in [2.24, 2.45) is 5.92 Å². The zero-order chi connectivity index (χ0) is 18.2. The van der Waals surface area contributed by atoms with Gasteiger partial charge < -0.3 is 16.0 Å². The Morgan fingerprint density at radius 3 is 2.24 bits per heavy atom. The van der Waals surface area contributed by atoms with Crippen LogP contribution in [0.1, 0.15) is 25.0 Å². The van der Waals surface area contributed by atoms with Gasteiger partial charge in [0.2, 0.25) is 5.91 Å². The molecule has 0 spiro atoms. The van der Waals surface area contributed by atoms with Gasteiger partial charge in [-0.05, 0) is 36.1 Å². The molecule has 0 radical (unpaired) electrons. The Bertz CT molecular complexity index is 714. The maximum atomic E-state index is 12.5. The zero-order valence-corrected chi connectivity index (χ0v) is 14.9. The molecule has 5 heteroatoms. The van der Waals surface area contributed by atoms with Crippen molar-refractivity contribution in [1.29, 1.82) is 0 Å². The first kappa shape index (κ1) is 18.5. The van der Waals surface area contributed by atoms with E-state index in [1.807, 2.05) is 63.2 Å². The van der Waals surface area contributed by atoms with E-state index in [1.165, 1.54) is 0 Å². The van der Waals surface area contributed by atoms with Gasteiger partial charge in [0.15, 0.2) is 0 Å². The van der Waals surface area contributed by atoms with Crippen molar-refractivity contribution in [3.8, 4) is 0 Å². The number of benzene rings is 2. The lowest BCUT2D eigenvalue weighted by molar-refractivity contribution is -0.124. The Hall–Kier alpha value is -2.82. The van der Waals surface area contributed by atoms with Crippen LogP contribution >= 0.6 is 0 Å². The van der Waals surface area contributed by atoms with E-state index in [0.717, 1.165) is 11.1 Å². The number of aryl methyl sites for hydroxylation is 1. The second kappa shape index (κ2) is 8.87. The molecule has 5 nitrogen and oxygen atoms in total. The van der Waals surface area contributed by atoms with Crippen molar-refractivity contribution in [3.05, 3.63) is 65.7 Å². The number of urea groups is 1. The van der Waals surface area contributed by atoms with Gasteiger partial charge >= 0.3 is 6.03 Å². The van der Waals surface area contributed by atoms with E-state index in [9.17, 15) is 9.59 Å². The number of rotatable bonds is 6. The Morgan fingerprint density at radius 2 is 1.60 bits per heavy atom. The maximum absolute atomic E-state index is 12.5. The molecule has 2 rings (SSSR count). The molecule has 0 bridgehead atoms. The highest BCUT2D eigenvalue weighted by Crippen LogP contribution is 2.09. The summed E-state index contributed by atoms with van der Waals surface area (Å²) in [5, 5.41) is 8.40. The van der Waals surface area contributed by atoms with Gasteiger partial charge in [-0.1, -0.05) is 56.3 Å². The number of carbonyl (C=O) groups excluding carboxylic acids is 2. The summed E-state index contributed by atoms with van der Waals surface area (Å²) in [4.78, 5) is 24.7. The zero-order valence-electron chi connectivity index (χ0n) is 14.9. The molecule has 1 unspecified atom stereocenters. The van der Waals surface area contributed by atoms with Crippen LogP contribution in [0, 0.1) is 12.8 Å². The van der Waals surface area contributed by atoms with E-state index in [1.54, 1.807) is 12.1 Å². The Kier molecular flexibility index (Phi) is 6.57. The number of para-hydroxylation sites is 1. The van der Waals surface area contributed by atoms with E-state index < -0.39 is 12.1 Å². The first-order chi connectivity index (χ1) is 12.0. The van der Waals surface area contributed by atoms with Crippen molar-refractivity contribution in [3.63, 3.8) is 0 Å². The van der Waals surface area contributed by atoms with E-state index in [0.29, 0.717) is 12.2 Å². The molecule has 132 valence electrons. The van der Waals surface area contributed by atoms with Crippen LogP contribution in [0.4, 0.5) is 10.5 Å². The average Bonchev–Trinajstić information content (AvgIpc) is 2.59. The lowest BCUT2D eigenvalue weighted by Crippen LogP contribution is -2.50. The molecule has 1 atom stereocenters. The van der Waals surface area contributed by atoms with Crippen LogP contribution in [0.25, 0.3) is 0 Å². The lowest BCUT2D eigenvalue weighted by Gasteiger charge is -2.22. The van der Waals surface area contributed by atoms with E-state index >= 15 is 0 Å². The largest absolute Gasteiger partial charge is 0.350 e. The highest BCUT2D eigenvalue weighted by molar-refractivity contribution is 5.93. The van der Waals surface area contributed by atoms with Gasteiger partial charge in [-0.25, -0.2) is 4.79 Å². The minimum Gasteiger partial charge on any atom is -0.350 e. The minimum absolute atomic E-state index is 0.0293. The molecular weight excluding hydrogens is 314 g/mol. The summed E-state index contributed by atoms with van der Waals surface area (Å²) in [6, 6.07) is 16.0. The quantitative estimate of drug-likeness (QED) is 0.754. The third kappa shape index (κ3) is 5.64. The molecule has 3 amide bonds. The first-order valence-corrected chi connectivity index (χ1v) is 8.42. The summed E-state index contributed by atoms with van der Waals surface area (Å²) in [5.74, 6) is -0.222. The Balaban J connectivity index is 1.93. The lowest BCUT2D eigenvalue weighted by atomic mass is 10.0. The Labute approximate surface area is 148 Å². The number of carbonyl (C=O) groups is 2. The van der Waals surface area contributed by atoms with Crippen molar-refractivity contribution < 1.29 is 9.59 Å². The van der Waals surface area contributed by atoms with Gasteiger partial charge in [0, 0.05) is 12.2 Å². The summed E-state index contributed by atoms with van der Waals surface area (Å²) in [6.07, 6.45) is 0. The van der Waals surface area contributed by atoms with Gasteiger partial charge in [0.05, 0.1) is 0 Å². The number of nitrogens with one attached hydrogen (secondary N) is 3. The predicted molar refractivity (Wildman–Crippen MR) is 100 cm³/mol. The third-order valence-electron chi connectivity index (χ3n) is 3.98. The Morgan fingerprint density at radius 1 is 0.960 bits per heavy atom. The molecule has 2 aromatic carbocycles. The smallest absolute Gasteiger partial charge is 0.319 e. The highest BCUT2D eigenvalue weighted by Gasteiger charge is 2.24. The number of anilines is 1. The van der Waals surface area contributed by atoms with Crippen LogP contribution in [0.3, 0.4) is 0 Å². The van der Waals surface area contributed by atoms with Gasteiger partial charge in [-0.2, -0.15) is 0 Å². The molecule has 0 aromatic heterocycles. The molecule has 0 fully saturated rings. The number of hydrogen-bond acceptors (Lipinski definition) is 2. The van der Waals surface area contributed by atoms with Crippen molar-refractivity contribution in [2.45, 2.75) is 33.4 Å². The molecule has 0 heterocycles. The second-order valence-electron chi connectivity index (χ2n) is 6.33. The summed E-state index contributed by atoms with van der Waals surface area (Å²) >= 11 is 0. The second-order valence-corrected chi connectivity index (χ2v) is 6.33. The van der Waals surface area contributed by atoms with Crippen LogP contribution in [0.5, 0.6) is 0 Å². The molecule has 0 saturated heterocycles. The summed E-state index contributed by atoms with van der Waals surface area (Å²) in [7, 11) is 0. The van der Waals surface area contributed by atoms with Crippen LogP contribution in [0.2, 0.25) is 0 Å². The van der Waals surface area contributed by atoms with Crippen LogP contribution in [-0.4, -0.2) is 18.0 Å². The van der Waals surface area contributed by atoms with E-state index in [-0.39, 0.29) is 11.8 Å². The third-order valence-corrected chi connectivity index (χ3v) is 3.98. The van der Waals surface area contributed by atoms with Crippen LogP contribution in [-0.2, 0) is 11.3 Å². The normalized spacial score (nSPS) is 11.7. The first-order valence-electron chi connectivity index (χ1n) is 8.42. The maximum Gasteiger partial charge on any atom is 0.319 e. The summed E-state index contributed by atoms with van der Waals surface area (Å²) in [5.41, 5.74) is 2.87. The van der Waals surface area contributed by atoms with Crippen molar-refractivity contribution in [2.75, 3.05) is 5.32 Å². The highest BCUT2D eigenvalue weighted by atomic mass is 16.2. The molecule has 0 aliphatic heterocycles. The molecule has 0 saturated carbocycles. The van der Waals surface area contributed by atoms with E-state index in [2.05, 4.69) is 16.0 Å². The monoisotopic (exact) mass is 339 g/mol. The summed E-state index contributed by atoms with van der Waals surface area (Å²) in [6.45, 7) is 6.26. The number of hydrogen-bond donors (Lipinski definition) is 3.